The minimum atomic E-state index is 0. The van der Waals surface area contributed by atoms with Gasteiger partial charge < -0.3 is 22.4 Å². The summed E-state index contributed by atoms with van der Waals surface area (Å²) in [4.78, 5) is 0. The summed E-state index contributed by atoms with van der Waals surface area (Å²) in [5, 5.41) is 11.8. The van der Waals surface area contributed by atoms with Gasteiger partial charge in [-0.25, -0.2) is 9.13 Å². The fourth-order valence-corrected chi connectivity index (χ4v) is 3.11. The number of halogens is 1. The molecule has 1 aliphatic carbocycles. The SMILES string of the molecule is C[n+]1ccn(COCc2cccc3c2CCCC3)c1/C=N/O.[Cl-]. The van der Waals surface area contributed by atoms with E-state index in [1.165, 1.54) is 42.2 Å². The van der Waals surface area contributed by atoms with Crippen LogP contribution in [0, 0.1) is 0 Å². The van der Waals surface area contributed by atoms with Gasteiger partial charge in [0.1, 0.15) is 12.4 Å². The molecule has 3 rings (SSSR count). The number of nitrogens with zero attached hydrogens (tertiary/aromatic N) is 3. The molecular formula is C17H22ClN3O2. The van der Waals surface area contributed by atoms with Crippen molar-refractivity contribution in [2.45, 2.75) is 39.0 Å². The highest BCUT2D eigenvalue weighted by Gasteiger charge is 2.15. The van der Waals surface area contributed by atoms with Crippen molar-refractivity contribution in [1.82, 2.24) is 4.57 Å². The monoisotopic (exact) mass is 335 g/mol. The quantitative estimate of drug-likeness (QED) is 0.336. The number of benzene rings is 1. The first kappa shape index (κ1) is 17.5. The van der Waals surface area contributed by atoms with Crippen molar-refractivity contribution in [2.75, 3.05) is 0 Å². The number of fused-ring (bicyclic) bond motifs is 1. The van der Waals surface area contributed by atoms with Gasteiger partial charge in [0.2, 0.25) is 0 Å². The Morgan fingerprint density at radius 2 is 2.17 bits per heavy atom. The van der Waals surface area contributed by atoms with Crippen LogP contribution in [0.2, 0.25) is 0 Å². The summed E-state index contributed by atoms with van der Waals surface area (Å²) in [6.45, 7) is 1.05. The standard InChI is InChI=1S/C17H21N3O2.ClH/c1-19-9-10-20(17(19)11-18-21)13-22-12-15-7-4-6-14-5-2-3-8-16(14)15;/h4,6-7,9-11H,2-3,5,8,12-13H2,1H3;1H. The summed E-state index contributed by atoms with van der Waals surface area (Å²) in [5.74, 6) is 0.789. The predicted octanol–water partition coefficient (Wildman–Crippen LogP) is -0.822. The molecule has 5 nitrogen and oxygen atoms in total. The Morgan fingerprint density at radius 1 is 1.35 bits per heavy atom. The van der Waals surface area contributed by atoms with Crippen LogP contribution < -0.4 is 17.0 Å². The zero-order valence-corrected chi connectivity index (χ0v) is 14.0. The van der Waals surface area contributed by atoms with Crippen LogP contribution in [0.4, 0.5) is 0 Å². The van der Waals surface area contributed by atoms with Gasteiger partial charge >= 0.3 is 5.82 Å². The lowest BCUT2D eigenvalue weighted by Crippen LogP contribution is -3.00. The fourth-order valence-electron chi connectivity index (χ4n) is 3.11. The third-order valence-corrected chi connectivity index (χ3v) is 4.28. The Balaban J connectivity index is 0.00000192. The molecule has 0 spiro atoms. The maximum atomic E-state index is 8.72. The van der Waals surface area contributed by atoms with E-state index in [1.54, 1.807) is 0 Å². The van der Waals surface area contributed by atoms with Crippen LogP contribution in [0.15, 0.2) is 35.7 Å². The first-order valence-corrected chi connectivity index (χ1v) is 7.69. The van der Waals surface area contributed by atoms with Gasteiger partial charge in [-0.2, -0.15) is 0 Å². The van der Waals surface area contributed by atoms with E-state index in [1.807, 2.05) is 28.6 Å². The number of hydrogen-bond donors (Lipinski definition) is 1. The lowest BCUT2D eigenvalue weighted by molar-refractivity contribution is -0.672. The van der Waals surface area contributed by atoms with Crippen molar-refractivity contribution in [3.05, 3.63) is 53.1 Å². The largest absolute Gasteiger partial charge is 1.00 e. The molecule has 0 radical (unpaired) electrons. The van der Waals surface area contributed by atoms with E-state index in [2.05, 4.69) is 23.4 Å². The van der Waals surface area contributed by atoms with Gasteiger partial charge in [0, 0.05) is 0 Å². The maximum absolute atomic E-state index is 8.72. The second kappa shape index (κ2) is 8.13. The van der Waals surface area contributed by atoms with Crippen molar-refractivity contribution < 1.29 is 26.9 Å². The number of aryl methyl sites for hydroxylation is 2. The number of ether oxygens (including phenoxy) is 1. The molecule has 1 aliphatic rings. The summed E-state index contributed by atoms with van der Waals surface area (Å²) in [7, 11) is 1.90. The highest BCUT2D eigenvalue weighted by Crippen LogP contribution is 2.24. The Labute approximate surface area is 142 Å². The summed E-state index contributed by atoms with van der Waals surface area (Å²) < 4.78 is 9.67. The average Bonchev–Trinajstić information content (AvgIpc) is 2.89. The number of hydrogen-bond acceptors (Lipinski definition) is 3. The Bertz CT molecular complexity index is 682. The second-order valence-corrected chi connectivity index (χ2v) is 5.72. The smallest absolute Gasteiger partial charge is 0.305 e. The molecule has 1 aromatic heterocycles. The number of oxime groups is 1. The molecule has 1 N–H and O–H groups in total. The van der Waals surface area contributed by atoms with E-state index in [0.717, 1.165) is 12.2 Å². The van der Waals surface area contributed by atoms with Crippen LogP contribution in [0.3, 0.4) is 0 Å². The zero-order valence-electron chi connectivity index (χ0n) is 13.3. The third-order valence-electron chi connectivity index (χ3n) is 4.28. The predicted molar refractivity (Wildman–Crippen MR) is 82.9 cm³/mol. The van der Waals surface area contributed by atoms with Crippen LogP contribution in [0.25, 0.3) is 0 Å². The molecule has 23 heavy (non-hydrogen) atoms. The molecule has 0 fully saturated rings. The number of rotatable bonds is 5. The van der Waals surface area contributed by atoms with Gasteiger partial charge in [0.15, 0.2) is 12.9 Å². The maximum Gasteiger partial charge on any atom is 0.305 e. The lowest BCUT2D eigenvalue weighted by atomic mass is 9.88. The summed E-state index contributed by atoms with van der Waals surface area (Å²) in [5.41, 5.74) is 4.25. The molecule has 0 bridgehead atoms. The number of aromatic nitrogens is 2. The average molecular weight is 336 g/mol. The Kier molecular flexibility index (Phi) is 6.19. The molecular weight excluding hydrogens is 314 g/mol. The van der Waals surface area contributed by atoms with E-state index in [-0.39, 0.29) is 12.4 Å². The third kappa shape index (κ3) is 3.92. The Hall–Kier alpha value is -1.85. The molecule has 0 unspecified atom stereocenters. The summed E-state index contributed by atoms with van der Waals surface area (Å²) in [6.07, 6.45) is 10.1. The van der Waals surface area contributed by atoms with E-state index in [9.17, 15) is 0 Å². The topological polar surface area (TPSA) is 50.6 Å². The molecule has 0 atom stereocenters. The molecule has 1 heterocycles. The minimum Gasteiger partial charge on any atom is -1.00 e. The van der Waals surface area contributed by atoms with E-state index >= 15 is 0 Å². The normalized spacial score (nSPS) is 13.8. The van der Waals surface area contributed by atoms with Crippen LogP contribution in [0.1, 0.15) is 35.4 Å². The van der Waals surface area contributed by atoms with Gasteiger partial charge in [-0.05, 0) is 42.4 Å². The van der Waals surface area contributed by atoms with Crippen molar-refractivity contribution >= 4 is 6.21 Å². The molecule has 0 aliphatic heterocycles. The molecule has 2 aromatic rings. The molecule has 124 valence electrons. The van der Waals surface area contributed by atoms with Crippen molar-refractivity contribution in [2.24, 2.45) is 12.2 Å². The first-order valence-electron chi connectivity index (χ1n) is 7.69. The van der Waals surface area contributed by atoms with Crippen molar-refractivity contribution in [3.63, 3.8) is 0 Å². The van der Waals surface area contributed by atoms with E-state index < -0.39 is 0 Å². The molecule has 0 saturated heterocycles. The van der Waals surface area contributed by atoms with Gasteiger partial charge in [0.05, 0.1) is 13.7 Å². The van der Waals surface area contributed by atoms with Gasteiger partial charge in [-0.3, -0.25) is 0 Å². The van der Waals surface area contributed by atoms with Crippen LogP contribution in [-0.2, 0) is 38.0 Å². The van der Waals surface area contributed by atoms with Crippen LogP contribution >= 0.6 is 0 Å². The fraction of sp³-hybridized carbons (Fsp3) is 0.412. The van der Waals surface area contributed by atoms with Gasteiger partial charge in [0.25, 0.3) is 0 Å². The Morgan fingerprint density at radius 3 is 3.00 bits per heavy atom. The summed E-state index contributed by atoms with van der Waals surface area (Å²) >= 11 is 0. The van der Waals surface area contributed by atoms with Crippen molar-refractivity contribution in [1.29, 1.82) is 0 Å². The van der Waals surface area contributed by atoms with Crippen molar-refractivity contribution in [3.8, 4) is 0 Å². The van der Waals surface area contributed by atoms with Gasteiger partial charge in [-0.1, -0.05) is 23.4 Å². The van der Waals surface area contributed by atoms with Crippen LogP contribution in [0.5, 0.6) is 0 Å². The lowest BCUT2D eigenvalue weighted by Gasteiger charge is -2.19. The molecule has 0 amide bonds. The minimum absolute atomic E-state index is 0. The first-order chi connectivity index (χ1) is 10.8. The molecule has 0 saturated carbocycles. The van der Waals surface area contributed by atoms with Crippen LogP contribution in [-0.4, -0.2) is 16.0 Å². The number of imidazole rings is 1. The second-order valence-electron chi connectivity index (χ2n) is 5.72. The highest BCUT2D eigenvalue weighted by atomic mass is 35.5. The zero-order chi connectivity index (χ0) is 15.4. The van der Waals surface area contributed by atoms with E-state index in [0.29, 0.717) is 13.3 Å². The van der Waals surface area contributed by atoms with Gasteiger partial charge in [-0.15, -0.1) is 0 Å². The molecule has 6 heteroatoms. The summed E-state index contributed by atoms with van der Waals surface area (Å²) in [6, 6.07) is 6.53. The van der Waals surface area contributed by atoms with E-state index in [4.69, 9.17) is 9.94 Å². The highest BCUT2D eigenvalue weighted by molar-refractivity contribution is 5.72. The molecule has 1 aromatic carbocycles.